The van der Waals surface area contributed by atoms with E-state index in [0.29, 0.717) is 18.7 Å². The molecule has 1 aromatic rings. The number of carbonyl (C=O) groups is 2. The van der Waals surface area contributed by atoms with Crippen LogP contribution in [0.5, 0.6) is 0 Å². The Morgan fingerprint density at radius 2 is 2.28 bits per heavy atom. The molecule has 0 atom stereocenters. The largest absolute Gasteiger partial charge is 0.338 e. The molecule has 1 heterocycles. The van der Waals surface area contributed by atoms with Gasteiger partial charge in [-0.15, -0.1) is 0 Å². The second-order valence-electron chi connectivity index (χ2n) is 4.18. The second-order valence-corrected chi connectivity index (χ2v) is 4.18. The summed E-state index contributed by atoms with van der Waals surface area (Å²) in [7, 11) is 0. The Hall–Kier alpha value is -2.04. The summed E-state index contributed by atoms with van der Waals surface area (Å²) < 4.78 is 0. The summed E-state index contributed by atoms with van der Waals surface area (Å²) >= 11 is 0. The number of amides is 3. The molecule has 2 rings (SSSR count). The van der Waals surface area contributed by atoms with E-state index >= 15 is 0 Å². The minimum atomic E-state index is -0.234. The molecule has 3 amide bonds. The first-order chi connectivity index (χ1) is 8.70. The van der Waals surface area contributed by atoms with Crippen LogP contribution in [0.4, 0.5) is 16.2 Å². The number of nitrogens with zero attached hydrogens (tertiary/aromatic N) is 1. The van der Waals surface area contributed by atoms with Crippen LogP contribution < -0.4 is 15.5 Å². The van der Waals surface area contributed by atoms with E-state index in [-0.39, 0.29) is 11.9 Å². The molecular formula is C13H17N3O2. The maximum absolute atomic E-state index is 11.6. The van der Waals surface area contributed by atoms with Gasteiger partial charge >= 0.3 is 6.03 Å². The number of anilines is 2. The van der Waals surface area contributed by atoms with Crippen LogP contribution in [0.25, 0.3) is 0 Å². The van der Waals surface area contributed by atoms with Crippen molar-refractivity contribution in [2.24, 2.45) is 0 Å². The number of rotatable bonds is 3. The SMILES string of the molecule is CCNC(=O)Nc1cccc(N2CCCC2=O)c1. The molecule has 0 aliphatic carbocycles. The summed E-state index contributed by atoms with van der Waals surface area (Å²) in [5, 5.41) is 5.39. The molecule has 1 aliphatic heterocycles. The number of hydrogen-bond acceptors (Lipinski definition) is 2. The third kappa shape index (κ3) is 2.80. The molecule has 0 saturated carbocycles. The zero-order chi connectivity index (χ0) is 13.0. The fraction of sp³-hybridized carbons (Fsp3) is 0.385. The molecule has 0 aromatic heterocycles. The fourth-order valence-electron chi connectivity index (χ4n) is 2.01. The lowest BCUT2D eigenvalue weighted by Gasteiger charge is -2.16. The van der Waals surface area contributed by atoms with E-state index in [2.05, 4.69) is 10.6 Å². The van der Waals surface area contributed by atoms with Crippen molar-refractivity contribution in [2.75, 3.05) is 23.3 Å². The van der Waals surface area contributed by atoms with E-state index in [1.807, 2.05) is 25.1 Å². The Labute approximate surface area is 106 Å². The number of nitrogens with one attached hydrogen (secondary N) is 2. The Bertz CT molecular complexity index is 459. The number of urea groups is 1. The Kier molecular flexibility index (Phi) is 3.82. The van der Waals surface area contributed by atoms with Crippen LogP contribution >= 0.6 is 0 Å². The molecule has 5 heteroatoms. The second kappa shape index (κ2) is 5.53. The average molecular weight is 247 g/mol. The summed E-state index contributed by atoms with van der Waals surface area (Å²) in [6, 6.07) is 7.11. The lowest BCUT2D eigenvalue weighted by Crippen LogP contribution is -2.28. The van der Waals surface area contributed by atoms with E-state index in [4.69, 9.17) is 0 Å². The zero-order valence-electron chi connectivity index (χ0n) is 10.4. The molecule has 18 heavy (non-hydrogen) atoms. The Morgan fingerprint density at radius 1 is 1.44 bits per heavy atom. The van der Waals surface area contributed by atoms with Gasteiger partial charge in [-0.05, 0) is 31.5 Å². The third-order valence-electron chi connectivity index (χ3n) is 2.83. The smallest absolute Gasteiger partial charge is 0.319 e. The summed E-state index contributed by atoms with van der Waals surface area (Å²) in [5.41, 5.74) is 1.53. The highest BCUT2D eigenvalue weighted by Gasteiger charge is 2.21. The maximum Gasteiger partial charge on any atom is 0.319 e. The zero-order valence-corrected chi connectivity index (χ0v) is 10.4. The van der Waals surface area contributed by atoms with Crippen molar-refractivity contribution >= 4 is 23.3 Å². The standard InChI is InChI=1S/C13H17N3O2/c1-2-14-13(18)15-10-5-3-6-11(9-10)16-8-4-7-12(16)17/h3,5-6,9H,2,4,7-8H2,1H3,(H2,14,15,18). The van der Waals surface area contributed by atoms with Crippen molar-refractivity contribution in [1.29, 1.82) is 0 Å². The van der Waals surface area contributed by atoms with Crippen molar-refractivity contribution in [2.45, 2.75) is 19.8 Å². The lowest BCUT2D eigenvalue weighted by molar-refractivity contribution is -0.117. The summed E-state index contributed by atoms with van der Waals surface area (Å²) in [6.07, 6.45) is 1.50. The minimum Gasteiger partial charge on any atom is -0.338 e. The van der Waals surface area contributed by atoms with Crippen molar-refractivity contribution in [3.05, 3.63) is 24.3 Å². The molecule has 0 unspecified atom stereocenters. The molecule has 2 N–H and O–H groups in total. The van der Waals surface area contributed by atoms with Gasteiger partial charge in [0.25, 0.3) is 0 Å². The molecule has 0 spiro atoms. The molecule has 0 bridgehead atoms. The number of carbonyl (C=O) groups excluding carboxylic acids is 2. The van der Waals surface area contributed by atoms with Gasteiger partial charge in [-0.25, -0.2) is 4.79 Å². The minimum absolute atomic E-state index is 0.144. The highest BCUT2D eigenvalue weighted by atomic mass is 16.2. The van der Waals surface area contributed by atoms with Crippen LogP contribution in [0.1, 0.15) is 19.8 Å². The first-order valence-electron chi connectivity index (χ1n) is 6.16. The Balaban J connectivity index is 2.10. The molecular weight excluding hydrogens is 230 g/mol. The van der Waals surface area contributed by atoms with Gasteiger partial charge in [0, 0.05) is 30.9 Å². The van der Waals surface area contributed by atoms with Gasteiger partial charge in [-0.2, -0.15) is 0 Å². The summed E-state index contributed by atoms with van der Waals surface area (Å²) in [6.45, 7) is 3.19. The van der Waals surface area contributed by atoms with Gasteiger partial charge in [-0.3, -0.25) is 4.79 Å². The fourth-order valence-corrected chi connectivity index (χ4v) is 2.01. The molecule has 1 aliphatic rings. The first kappa shape index (κ1) is 12.4. The van der Waals surface area contributed by atoms with Crippen LogP contribution in [0.2, 0.25) is 0 Å². The topological polar surface area (TPSA) is 61.4 Å². The van der Waals surface area contributed by atoms with Gasteiger partial charge < -0.3 is 15.5 Å². The van der Waals surface area contributed by atoms with E-state index < -0.39 is 0 Å². The molecule has 0 radical (unpaired) electrons. The lowest BCUT2D eigenvalue weighted by atomic mass is 10.2. The highest BCUT2D eigenvalue weighted by molar-refractivity contribution is 5.96. The molecule has 1 saturated heterocycles. The third-order valence-corrected chi connectivity index (χ3v) is 2.83. The van der Waals surface area contributed by atoms with Crippen molar-refractivity contribution in [3.8, 4) is 0 Å². The van der Waals surface area contributed by atoms with Gasteiger partial charge in [-0.1, -0.05) is 6.07 Å². The average Bonchev–Trinajstić information content (AvgIpc) is 2.76. The van der Waals surface area contributed by atoms with Crippen molar-refractivity contribution in [1.82, 2.24) is 5.32 Å². The van der Waals surface area contributed by atoms with Crippen LogP contribution in [0.3, 0.4) is 0 Å². The van der Waals surface area contributed by atoms with Crippen LogP contribution in [-0.2, 0) is 4.79 Å². The maximum atomic E-state index is 11.6. The van der Waals surface area contributed by atoms with Crippen LogP contribution in [0.15, 0.2) is 24.3 Å². The predicted octanol–water partition coefficient (Wildman–Crippen LogP) is 1.95. The van der Waals surface area contributed by atoms with E-state index in [1.165, 1.54) is 0 Å². The van der Waals surface area contributed by atoms with Gasteiger partial charge in [0.15, 0.2) is 0 Å². The summed E-state index contributed by atoms with van der Waals surface area (Å²) in [5.74, 6) is 0.144. The van der Waals surface area contributed by atoms with Crippen molar-refractivity contribution in [3.63, 3.8) is 0 Å². The van der Waals surface area contributed by atoms with E-state index in [0.717, 1.165) is 18.7 Å². The van der Waals surface area contributed by atoms with Crippen LogP contribution in [0, 0.1) is 0 Å². The van der Waals surface area contributed by atoms with Gasteiger partial charge in [0.2, 0.25) is 5.91 Å². The molecule has 1 aromatic carbocycles. The molecule has 1 fully saturated rings. The van der Waals surface area contributed by atoms with Crippen LogP contribution in [-0.4, -0.2) is 25.0 Å². The highest BCUT2D eigenvalue weighted by Crippen LogP contribution is 2.24. The molecule has 96 valence electrons. The van der Waals surface area contributed by atoms with Crippen molar-refractivity contribution < 1.29 is 9.59 Å². The normalized spacial score (nSPS) is 14.7. The quantitative estimate of drug-likeness (QED) is 0.857. The first-order valence-corrected chi connectivity index (χ1v) is 6.16. The predicted molar refractivity (Wildman–Crippen MR) is 70.7 cm³/mol. The number of benzene rings is 1. The Morgan fingerprint density at radius 3 is 2.94 bits per heavy atom. The van der Waals surface area contributed by atoms with E-state index in [9.17, 15) is 9.59 Å². The monoisotopic (exact) mass is 247 g/mol. The summed E-state index contributed by atoms with van der Waals surface area (Å²) in [4.78, 5) is 24.8. The number of hydrogen-bond donors (Lipinski definition) is 2. The van der Waals surface area contributed by atoms with E-state index in [1.54, 1.807) is 11.0 Å². The van der Waals surface area contributed by atoms with Gasteiger partial charge in [0.05, 0.1) is 0 Å². The van der Waals surface area contributed by atoms with Gasteiger partial charge in [0.1, 0.15) is 0 Å². The molecule has 5 nitrogen and oxygen atoms in total.